The predicted molar refractivity (Wildman–Crippen MR) is 73.3 cm³/mol. The molecule has 0 saturated carbocycles. The van der Waals surface area contributed by atoms with Crippen LogP contribution in [-0.2, 0) is 0 Å². The minimum atomic E-state index is -1.24. The highest BCUT2D eigenvalue weighted by Gasteiger charge is 2.21. The van der Waals surface area contributed by atoms with Crippen molar-refractivity contribution in [2.75, 3.05) is 5.32 Å². The molecule has 0 aliphatic heterocycles. The highest BCUT2D eigenvalue weighted by molar-refractivity contribution is 9.10. The first-order valence-electron chi connectivity index (χ1n) is 5.17. The van der Waals surface area contributed by atoms with Crippen LogP contribution < -0.4 is 5.32 Å². The summed E-state index contributed by atoms with van der Waals surface area (Å²) in [4.78, 5) is 22.7. The van der Waals surface area contributed by atoms with Crippen molar-refractivity contribution in [2.24, 2.45) is 0 Å². The van der Waals surface area contributed by atoms with E-state index in [0.29, 0.717) is 0 Å². The fourth-order valence-electron chi connectivity index (χ4n) is 1.50. The Hall–Kier alpha value is -1.80. The normalized spacial score (nSPS) is 10.3. The van der Waals surface area contributed by atoms with E-state index >= 15 is 0 Å². The number of benzene rings is 1. The van der Waals surface area contributed by atoms with Gasteiger partial charge in [0.1, 0.15) is 22.2 Å². The lowest BCUT2D eigenvalue weighted by molar-refractivity contribution is 0.0698. The van der Waals surface area contributed by atoms with Gasteiger partial charge in [-0.15, -0.1) is 11.3 Å². The second-order valence-corrected chi connectivity index (χ2v) is 5.50. The van der Waals surface area contributed by atoms with Gasteiger partial charge in [0.15, 0.2) is 0 Å². The zero-order chi connectivity index (χ0) is 14.9. The minimum absolute atomic E-state index is 0.0178. The number of aromatic carboxylic acids is 1. The van der Waals surface area contributed by atoms with Gasteiger partial charge in [0.05, 0.1) is 5.56 Å². The van der Waals surface area contributed by atoms with Crippen LogP contribution >= 0.6 is 27.3 Å². The van der Waals surface area contributed by atoms with Crippen LogP contribution in [0, 0.1) is 11.6 Å². The number of hydrogen-bond acceptors (Lipinski definition) is 3. The van der Waals surface area contributed by atoms with Crippen LogP contribution in [0.15, 0.2) is 28.1 Å². The number of anilines is 1. The van der Waals surface area contributed by atoms with E-state index in [1.165, 1.54) is 11.4 Å². The molecule has 0 saturated heterocycles. The molecule has 2 N–H and O–H groups in total. The van der Waals surface area contributed by atoms with E-state index in [2.05, 4.69) is 21.2 Å². The molecule has 1 amide bonds. The van der Waals surface area contributed by atoms with Gasteiger partial charge < -0.3 is 10.4 Å². The maximum Gasteiger partial charge on any atom is 0.338 e. The molecule has 0 radical (unpaired) electrons. The van der Waals surface area contributed by atoms with Gasteiger partial charge in [0, 0.05) is 4.47 Å². The number of hydrogen-bond donors (Lipinski definition) is 2. The van der Waals surface area contributed by atoms with Gasteiger partial charge in [0.2, 0.25) is 0 Å². The molecule has 2 rings (SSSR count). The second-order valence-electron chi connectivity index (χ2n) is 3.67. The number of thiophene rings is 1. The summed E-state index contributed by atoms with van der Waals surface area (Å²) in [6.07, 6.45) is 0. The van der Waals surface area contributed by atoms with Gasteiger partial charge in [-0.1, -0.05) is 15.9 Å². The molecule has 2 aromatic rings. The molecule has 1 aromatic heterocycles. The number of halogens is 3. The lowest BCUT2D eigenvalue weighted by Gasteiger charge is -2.07. The summed E-state index contributed by atoms with van der Waals surface area (Å²) in [6.45, 7) is 0. The third-order valence-corrected chi connectivity index (χ3v) is 3.64. The van der Waals surface area contributed by atoms with E-state index in [1.54, 1.807) is 0 Å². The smallest absolute Gasteiger partial charge is 0.338 e. The quantitative estimate of drug-likeness (QED) is 0.874. The Bertz CT molecular complexity index is 679. The van der Waals surface area contributed by atoms with Crippen LogP contribution in [0.5, 0.6) is 0 Å². The van der Waals surface area contributed by atoms with Crippen LogP contribution in [0.25, 0.3) is 0 Å². The van der Waals surface area contributed by atoms with Crippen molar-refractivity contribution in [1.82, 2.24) is 0 Å². The lowest BCUT2D eigenvalue weighted by atomic mass is 10.2. The molecular weight excluding hydrogens is 356 g/mol. The Kier molecular flexibility index (Phi) is 4.15. The number of carboxylic acids is 1. The van der Waals surface area contributed by atoms with Gasteiger partial charge in [-0.3, -0.25) is 4.79 Å². The second kappa shape index (κ2) is 5.68. The molecule has 8 heteroatoms. The highest BCUT2D eigenvalue weighted by Crippen LogP contribution is 2.25. The number of carbonyl (C=O) groups excluding carboxylic acids is 1. The zero-order valence-electron chi connectivity index (χ0n) is 9.62. The third-order valence-electron chi connectivity index (χ3n) is 2.36. The maximum atomic E-state index is 13.6. The molecule has 4 nitrogen and oxygen atoms in total. The highest BCUT2D eigenvalue weighted by atomic mass is 79.9. The minimum Gasteiger partial charge on any atom is -0.478 e. The fraction of sp³-hybridized carbons (Fsp3) is 0. The largest absolute Gasteiger partial charge is 0.478 e. The first kappa shape index (κ1) is 14.6. The summed E-state index contributed by atoms with van der Waals surface area (Å²) in [5.41, 5.74) is -0.904. The Morgan fingerprint density at radius 3 is 2.40 bits per heavy atom. The molecule has 0 aliphatic rings. The predicted octanol–water partition coefficient (Wildman–Crippen LogP) is 3.74. The molecular formula is C12H6BrF2NO3S. The van der Waals surface area contributed by atoms with E-state index in [9.17, 15) is 18.4 Å². The van der Waals surface area contributed by atoms with Crippen LogP contribution in [0.2, 0.25) is 0 Å². The van der Waals surface area contributed by atoms with Crippen molar-refractivity contribution in [3.8, 4) is 0 Å². The van der Waals surface area contributed by atoms with E-state index in [4.69, 9.17) is 5.11 Å². The first-order chi connectivity index (χ1) is 9.40. The van der Waals surface area contributed by atoms with Crippen LogP contribution in [0.1, 0.15) is 20.7 Å². The molecule has 0 fully saturated rings. The summed E-state index contributed by atoms with van der Waals surface area (Å²) >= 11 is 3.85. The summed E-state index contributed by atoms with van der Waals surface area (Å²) in [5, 5.41) is 12.5. The van der Waals surface area contributed by atoms with Crippen LogP contribution in [0.4, 0.5) is 13.8 Å². The lowest BCUT2D eigenvalue weighted by Crippen LogP contribution is -2.16. The number of nitrogens with one attached hydrogen (secondary N) is 1. The molecule has 104 valence electrons. The topological polar surface area (TPSA) is 66.4 Å². The molecule has 0 unspecified atom stereocenters. The number of carbonyl (C=O) groups is 2. The first-order valence-corrected chi connectivity index (χ1v) is 6.84. The van der Waals surface area contributed by atoms with Crippen molar-refractivity contribution in [3.05, 3.63) is 50.8 Å². The molecule has 0 aliphatic carbocycles. The molecule has 1 aromatic carbocycles. The van der Waals surface area contributed by atoms with E-state index in [0.717, 1.165) is 23.5 Å². The maximum absolute atomic E-state index is 13.6. The molecule has 20 heavy (non-hydrogen) atoms. The van der Waals surface area contributed by atoms with Crippen LogP contribution in [0.3, 0.4) is 0 Å². The van der Waals surface area contributed by atoms with E-state index in [-0.39, 0.29) is 15.0 Å². The number of carboxylic acid groups (broad SMARTS) is 1. The van der Waals surface area contributed by atoms with Gasteiger partial charge in [-0.05, 0) is 23.6 Å². The van der Waals surface area contributed by atoms with Crippen molar-refractivity contribution in [1.29, 1.82) is 0 Å². The van der Waals surface area contributed by atoms with E-state index < -0.39 is 29.1 Å². The average Bonchev–Trinajstić information content (AvgIpc) is 2.75. The summed E-state index contributed by atoms with van der Waals surface area (Å²) in [7, 11) is 0. The molecule has 0 bridgehead atoms. The Balaban J connectivity index is 2.34. The summed E-state index contributed by atoms with van der Waals surface area (Å²) in [5.74, 6) is -4.36. The Morgan fingerprint density at radius 1 is 1.25 bits per heavy atom. The summed E-state index contributed by atoms with van der Waals surface area (Å²) in [6, 6.07) is 3.19. The Morgan fingerprint density at radius 2 is 1.85 bits per heavy atom. The standard InChI is InChI=1S/C12H6BrF2NO3S/c13-5-3-7(14)9(8(15)4-5)10(17)16-11-6(12(18)19)1-2-20-11/h1-4H,(H,16,17)(H,18,19). The van der Waals surface area contributed by atoms with Crippen molar-refractivity contribution < 1.29 is 23.5 Å². The SMILES string of the molecule is O=C(O)c1ccsc1NC(=O)c1c(F)cc(Br)cc1F. The Labute approximate surface area is 124 Å². The molecule has 0 spiro atoms. The van der Waals surface area contributed by atoms with Crippen LogP contribution in [-0.4, -0.2) is 17.0 Å². The van der Waals surface area contributed by atoms with E-state index in [1.807, 2.05) is 0 Å². The van der Waals surface area contributed by atoms with Gasteiger partial charge in [-0.25, -0.2) is 13.6 Å². The number of amides is 1. The van der Waals surface area contributed by atoms with Crippen molar-refractivity contribution in [2.45, 2.75) is 0 Å². The van der Waals surface area contributed by atoms with Crippen molar-refractivity contribution in [3.63, 3.8) is 0 Å². The zero-order valence-corrected chi connectivity index (χ0v) is 12.0. The number of rotatable bonds is 3. The fourth-order valence-corrected chi connectivity index (χ4v) is 2.68. The summed E-state index contributed by atoms with van der Waals surface area (Å²) < 4.78 is 27.4. The molecule has 0 atom stereocenters. The van der Waals surface area contributed by atoms with Gasteiger partial charge in [-0.2, -0.15) is 0 Å². The monoisotopic (exact) mass is 361 g/mol. The molecule has 1 heterocycles. The van der Waals surface area contributed by atoms with Gasteiger partial charge in [0.25, 0.3) is 5.91 Å². The van der Waals surface area contributed by atoms with Gasteiger partial charge >= 0.3 is 5.97 Å². The third kappa shape index (κ3) is 2.86. The van der Waals surface area contributed by atoms with Crippen molar-refractivity contribution >= 4 is 44.1 Å². The average molecular weight is 362 g/mol.